The van der Waals surface area contributed by atoms with Crippen LogP contribution in [0, 0.1) is 0 Å². The van der Waals surface area contributed by atoms with Gasteiger partial charge in [0, 0.05) is 61.5 Å². The van der Waals surface area contributed by atoms with Crippen LogP contribution in [0.15, 0.2) is 114 Å². The van der Waals surface area contributed by atoms with Crippen LogP contribution < -0.4 is 14.3 Å². The average molecular weight is 978 g/mol. The highest BCUT2D eigenvalue weighted by Gasteiger charge is 2.40. The Morgan fingerprint density at radius 3 is 1.40 bits per heavy atom. The van der Waals surface area contributed by atoms with E-state index < -0.39 is 32.7 Å². The van der Waals surface area contributed by atoms with Gasteiger partial charge in [-0.1, -0.05) is 86.6 Å². The number of ketones is 1. The van der Waals surface area contributed by atoms with Crippen molar-refractivity contribution >= 4 is 37.6 Å². The van der Waals surface area contributed by atoms with Gasteiger partial charge in [-0.25, -0.2) is 0 Å². The van der Waals surface area contributed by atoms with Crippen LogP contribution in [0.25, 0.3) is 11.5 Å². The van der Waals surface area contributed by atoms with Crippen LogP contribution in [-0.2, 0) is 33.5 Å². The molecule has 2 fully saturated rings. The molecule has 368 valence electrons. The van der Waals surface area contributed by atoms with E-state index in [9.17, 15) is 30.4 Å². The van der Waals surface area contributed by atoms with Gasteiger partial charge in [0.05, 0.1) is 31.0 Å². The highest BCUT2D eigenvalue weighted by Crippen LogP contribution is 2.30. The second-order valence-electron chi connectivity index (χ2n) is 17.5. The number of benzene rings is 4. The molecule has 15 nitrogen and oxygen atoms in total. The third-order valence-corrected chi connectivity index (χ3v) is 16.0. The highest BCUT2D eigenvalue weighted by atomic mass is 32.2. The molecule has 7 rings (SSSR count). The molecule has 0 aliphatic carbocycles. The number of rotatable bonds is 18. The summed E-state index contributed by atoms with van der Waals surface area (Å²) < 4.78 is 92.1. The maximum absolute atomic E-state index is 13.9. The third kappa shape index (κ3) is 12.5. The van der Waals surface area contributed by atoms with Crippen molar-refractivity contribution in [2.24, 2.45) is 5.73 Å². The van der Waals surface area contributed by atoms with E-state index in [1.807, 2.05) is 48.5 Å². The smallest absolute Gasteiger partial charge is 0.314 e. The van der Waals surface area contributed by atoms with Gasteiger partial charge in [0.15, 0.2) is 5.78 Å². The molecule has 2 aliphatic heterocycles. The largest absolute Gasteiger partial charge is 0.415 e. The van der Waals surface area contributed by atoms with E-state index in [0.29, 0.717) is 48.7 Å². The van der Waals surface area contributed by atoms with E-state index in [2.05, 4.69) is 61.5 Å². The zero-order chi connectivity index (χ0) is 49.2. The van der Waals surface area contributed by atoms with Gasteiger partial charge in [-0.05, 0) is 101 Å². The van der Waals surface area contributed by atoms with Gasteiger partial charge in [-0.3, -0.25) is 23.2 Å². The van der Waals surface area contributed by atoms with E-state index in [0.717, 1.165) is 37.1 Å². The van der Waals surface area contributed by atoms with Gasteiger partial charge in [0.25, 0.3) is 5.89 Å². The van der Waals surface area contributed by atoms with Gasteiger partial charge < -0.3 is 10.2 Å². The predicted molar refractivity (Wildman–Crippen MR) is 263 cm³/mol. The molecular weight excluding hydrogens is 913 g/mol. The molecule has 0 amide bonds. The van der Waals surface area contributed by atoms with Crippen LogP contribution in [0.5, 0.6) is 0 Å². The van der Waals surface area contributed by atoms with Gasteiger partial charge in [-0.2, -0.15) is 34.2 Å². The SMILES string of the molecule is CCCN1[C@H](C)CN(S(=O)(=O)N(Cc2ccc(-c3nnc(C(F)F)o3)cc2)c2ccccc2)C[C@@H]1C.CCCN1[C@H](C)CN(S(=O)(=O)N(Cc2ccc(C(=O)CN)cc2)c2ccccc2)C[C@@H]1C. The summed E-state index contributed by atoms with van der Waals surface area (Å²) in [6.07, 6.45) is -0.787. The van der Waals surface area contributed by atoms with Gasteiger partial charge in [0.2, 0.25) is 5.89 Å². The van der Waals surface area contributed by atoms with Crippen LogP contribution in [0.4, 0.5) is 20.2 Å². The summed E-state index contributed by atoms with van der Waals surface area (Å²) in [5, 5.41) is 7.02. The number of para-hydroxylation sites is 2. The first-order chi connectivity index (χ1) is 32.5. The molecule has 4 atom stereocenters. The molecule has 0 spiro atoms. The van der Waals surface area contributed by atoms with Crippen molar-refractivity contribution in [1.82, 2.24) is 28.6 Å². The van der Waals surface area contributed by atoms with E-state index >= 15 is 0 Å². The molecule has 4 aromatic carbocycles. The summed E-state index contributed by atoms with van der Waals surface area (Å²) in [5.74, 6) is -0.896. The lowest BCUT2D eigenvalue weighted by atomic mass is 10.1. The minimum atomic E-state index is -3.83. The molecule has 0 radical (unpaired) electrons. The topological polar surface area (TPSA) is 170 Å². The van der Waals surface area contributed by atoms with E-state index in [1.165, 1.54) is 8.61 Å². The number of hydrogen-bond acceptors (Lipinski definition) is 11. The predicted octanol–water partition coefficient (Wildman–Crippen LogP) is 7.61. The zero-order valence-electron chi connectivity index (χ0n) is 39.7. The Morgan fingerprint density at radius 2 is 1.04 bits per heavy atom. The quantitative estimate of drug-likeness (QED) is 0.0858. The van der Waals surface area contributed by atoms with Crippen molar-refractivity contribution in [1.29, 1.82) is 0 Å². The number of nitrogens with zero attached hydrogens (tertiary/aromatic N) is 8. The van der Waals surface area contributed by atoms with Crippen molar-refractivity contribution in [3.8, 4) is 11.5 Å². The van der Waals surface area contributed by atoms with Crippen LogP contribution in [-0.4, -0.2) is 121 Å². The van der Waals surface area contributed by atoms with Gasteiger partial charge >= 0.3 is 26.8 Å². The maximum Gasteiger partial charge on any atom is 0.314 e. The second-order valence-corrected chi connectivity index (χ2v) is 21.2. The first-order valence-corrected chi connectivity index (χ1v) is 26.0. The fourth-order valence-corrected chi connectivity index (χ4v) is 12.5. The Morgan fingerprint density at radius 1 is 0.647 bits per heavy atom. The van der Waals surface area contributed by atoms with Crippen LogP contribution >= 0.6 is 0 Å². The number of carbonyl (C=O) groups is 1. The molecular formula is C49H65F2N9O6S2. The summed E-state index contributed by atoms with van der Waals surface area (Å²) >= 11 is 0. The van der Waals surface area contributed by atoms with Crippen LogP contribution in [0.1, 0.15) is 88.2 Å². The lowest BCUT2D eigenvalue weighted by Crippen LogP contribution is -2.60. The molecule has 0 unspecified atom stereocenters. The lowest BCUT2D eigenvalue weighted by molar-refractivity contribution is 0.0772. The number of aromatic nitrogens is 2. The molecule has 19 heteroatoms. The Bertz CT molecular complexity index is 2570. The van der Waals surface area contributed by atoms with Gasteiger partial charge in [-0.15, -0.1) is 10.2 Å². The van der Waals surface area contributed by atoms with Crippen molar-refractivity contribution < 1.29 is 34.8 Å². The molecule has 2 N–H and O–H groups in total. The molecule has 3 heterocycles. The summed E-state index contributed by atoms with van der Waals surface area (Å²) in [6, 6.07) is 32.4. The summed E-state index contributed by atoms with van der Waals surface area (Å²) in [4.78, 5) is 16.6. The number of alkyl halides is 2. The number of nitrogens with two attached hydrogens (primary N) is 1. The van der Waals surface area contributed by atoms with Crippen molar-refractivity contribution in [2.75, 3.05) is 54.4 Å². The fraction of sp³-hybridized carbons (Fsp3) is 0.449. The number of Topliss-reactive ketones (excluding diaryl/α,β-unsaturated/α-hetero) is 1. The minimum absolute atomic E-state index is 0.0164. The van der Waals surface area contributed by atoms with Gasteiger partial charge in [0.1, 0.15) is 0 Å². The minimum Gasteiger partial charge on any atom is -0.415 e. The van der Waals surface area contributed by atoms with Crippen LogP contribution in [0.2, 0.25) is 0 Å². The zero-order valence-corrected chi connectivity index (χ0v) is 41.4. The molecule has 2 saturated heterocycles. The average Bonchev–Trinajstić information content (AvgIpc) is 3.84. The molecule has 5 aromatic rings. The number of halogens is 2. The Kier molecular flexibility index (Phi) is 18.0. The normalized spacial score (nSPS) is 19.9. The van der Waals surface area contributed by atoms with Crippen molar-refractivity contribution in [2.45, 2.75) is 98.1 Å². The lowest BCUT2D eigenvalue weighted by Gasteiger charge is -2.45. The molecule has 0 bridgehead atoms. The van der Waals surface area contributed by atoms with E-state index in [1.54, 1.807) is 69.3 Å². The summed E-state index contributed by atoms with van der Waals surface area (Å²) in [6.45, 7) is 16.5. The fourth-order valence-electron chi connectivity index (χ4n) is 8.91. The van der Waals surface area contributed by atoms with Crippen molar-refractivity contribution in [3.05, 3.63) is 132 Å². The third-order valence-electron chi connectivity index (χ3n) is 12.3. The second kappa shape index (κ2) is 23.4. The first-order valence-electron chi connectivity index (χ1n) is 23.2. The monoisotopic (exact) mass is 977 g/mol. The Hall–Kier alpha value is -5.15. The van der Waals surface area contributed by atoms with Crippen molar-refractivity contribution in [3.63, 3.8) is 0 Å². The number of piperazine rings is 2. The molecule has 1 aromatic heterocycles. The molecule has 68 heavy (non-hydrogen) atoms. The number of hydrogen-bond donors (Lipinski definition) is 1. The molecule has 0 saturated carbocycles. The first kappa shape index (κ1) is 52.2. The number of carbonyl (C=O) groups excluding carboxylic acids is 1. The Labute approximate surface area is 400 Å². The Balaban J connectivity index is 0.000000226. The van der Waals surface area contributed by atoms with E-state index in [4.69, 9.17) is 10.2 Å². The summed E-state index contributed by atoms with van der Waals surface area (Å²) in [5.41, 5.74) is 9.16. The summed E-state index contributed by atoms with van der Waals surface area (Å²) in [7, 11) is -7.59. The maximum atomic E-state index is 13.9. The van der Waals surface area contributed by atoms with E-state index in [-0.39, 0.29) is 55.5 Å². The highest BCUT2D eigenvalue weighted by molar-refractivity contribution is 7.90. The number of anilines is 2. The molecule has 2 aliphatic rings. The standard InChI is InChI=1S/C25H31F2N5O3S.C24H34N4O3S/c1-4-14-31-18(2)15-30(16-19(31)3)36(33,34)32(22-8-6-5-7-9-22)17-20-10-12-21(13-11-20)24-28-29-25(35-24)23(26)27;1-4-14-27-19(2)16-26(17-20(27)3)32(30,31)28(23-8-6-5-7-9-23)18-21-10-12-22(13-11-21)24(29)15-25/h5-13,18-19,23H,4,14-17H2,1-3H3;5-13,19-20H,4,14-18,25H2,1-3H3/t18-,19+;19-,20+. The van der Waals surface area contributed by atoms with Crippen LogP contribution in [0.3, 0.4) is 0 Å².